The van der Waals surface area contributed by atoms with E-state index >= 15 is 0 Å². The van der Waals surface area contributed by atoms with Gasteiger partial charge >= 0.3 is 0 Å². The van der Waals surface area contributed by atoms with Crippen molar-refractivity contribution in [3.8, 4) is 0 Å². The number of nitrogens with zero attached hydrogens (tertiary/aromatic N) is 3. The first-order valence-electron chi connectivity index (χ1n) is 5.53. The summed E-state index contributed by atoms with van der Waals surface area (Å²) >= 11 is 4.90. The average Bonchev–Trinajstić information content (AvgIpc) is 2.65. The predicted octanol–water partition coefficient (Wildman–Crippen LogP) is 1.90. The van der Waals surface area contributed by atoms with Gasteiger partial charge in [0.15, 0.2) is 3.92 Å². The maximum absolute atomic E-state index is 10.4. The molecule has 0 amide bonds. The summed E-state index contributed by atoms with van der Waals surface area (Å²) in [5.74, 6) is 0.767. The minimum absolute atomic E-state index is 0.383. The van der Waals surface area contributed by atoms with Gasteiger partial charge in [-0.25, -0.2) is 0 Å². The predicted molar refractivity (Wildman–Crippen MR) is 66.7 cm³/mol. The number of piperidine rings is 1. The van der Waals surface area contributed by atoms with Crippen LogP contribution in [-0.2, 0) is 0 Å². The quantitative estimate of drug-likeness (QED) is 0.861. The number of fused-ring (bicyclic) bond motifs is 2. The smallest absolute Gasteiger partial charge is 0.209 e. The lowest BCUT2D eigenvalue weighted by Gasteiger charge is -2.42. The van der Waals surface area contributed by atoms with Crippen LogP contribution >= 0.6 is 27.3 Å². The number of hydrogen-bond acceptors (Lipinski definition) is 5. The fourth-order valence-electron chi connectivity index (χ4n) is 2.96. The molecule has 88 valence electrons. The summed E-state index contributed by atoms with van der Waals surface area (Å²) in [7, 11) is 0. The molecule has 0 aromatic carbocycles. The van der Waals surface area contributed by atoms with E-state index < -0.39 is 5.60 Å². The summed E-state index contributed by atoms with van der Waals surface area (Å²) in [6.45, 7) is 3.80. The number of aliphatic hydroxyl groups is 1. The van der Waals surface area contributed by atoms with Gasteiger partial charge < -0.3 is 10.0 Å². The number of rotatable bonds is 1. The van der Waals surface area contributed by atoms with Gasteiger partial charge in [-0.15, -0.1) is 10.2 Å². The highest BCUT2D eigenvalue weighted by Crippen LogP contribution is 2.46. The monoisotopic (exact) mass is 303 g/mol. The van der Waals surface area contributed by atoms with Crippen LogP contribution in [0.15, 0.2) is 3.92 Å². The van der Waals surface area contributed by atoms with Gasteiger partial charge in [-0.3, -0.25) is 0 Å². The van der Waals surface area contributed by atoms with Gasteiger partial charge in [-0.05, 0) is 35.7 Å². The standard InChI is InChI=1S/C10H14BrN3OS/c1-10(15)6-2-3-7(10)5-14(4-6)9-13-12-8(11)16-9/h6-7,15H,2-5H2,1H3/t6-,7+,10-. The Bertz CT molecular complexity index is 393. The molecule has 6 heteroatoms. The molecular weight excluding hydrogens is 290 g/mol. The van der Waals surface area contributed by atoms with Crippen molar-refractivity contribution in [2.24, 2.45) is 11.8 Å². The average molecular weight is 304 g/mol. The maximum Gasteiger partial charge on any atom is 0.209 e. The van der Waals surface area contributed by atoms with Crippen LogP contribution in [0.5, 0.6) is 0 Å². The van der Waals surface area contributed by atoms with Crippen LogP contribution in [0, 0.1) is 11.8 Å². The Morgan fingerprint density at radius 1 is 1.38 bits per heavy atom. The lowest BCUT2D eigenvalue weighted by molar-refractivity contribution is -0.0272. The van der Waals surface area contributed by atoms with Crippen molar-refractivity contribution in [1.82, 2.24) is 10.2 Å². The molecule has 16 heavy (non-hydrogen) atoms. The van der Waals surface area contributed by atoms with Crippen molar-refractivity contribution in [1.29, 1.82) is 0 Å². The Kier molecular flexibility index (Phi) is 2.49. The van der Waals surface area contributed by atoms with Crippen molar-refractivity contribution < 1.29 is 5.11 Å². The van der Waals surface area contributed by atoms with Crippen molar-refractivity contribution in [3.63, 3.8) is 0 Å². The third-order valence-electron chi connectivity index (χ3n) is 4.06. The highest BCUT2D eigenvalue weighted by Gasteiger charge is 2.50. The fourth-order valence-corrected chi connectivity index (χ4v) is 4.07. The Morgan fingerprint density at radius 2 is 2.00 bits per heavy atom. The van der Waals surface area contributed by atoms with Gasteiger partial charge in [-0.1, -0.05) is 11.3 Å². The second-order valence-electron chi connectivity index (χ2n) is 4.94. The highest BCUT2D eigenvalue weighted by molar-refractivity contribution is 9.11. The van der Waals surface area contributed by atoms with E-state index in [0.29, 0.717) is 11.8 Å². The normalized spacial score (nSPS) is 38.1. The first-order chi connectivity index (χ1) is 7.57. The number of anilines is 1. The van der Waals surface area contributed by atoms with Crippen molar-refractivity contribution in [2.45, 2.75) is 25.4 Å². The molecule has 3 rings (SSSR count). The highest BCUT2D eigenvalue weighted by atomic mass is 79.9. The Balaban J connectivity index is 1.83. The summed E-state index contributed by atoms with van der Waals surface area (Å²) < 4.78 is 0.826. The molecule has 0 spiro atoms. The van der Waals surface area contributed by atoms with Crippen molar-refractivity contribution >= 4 is 32.4 Å². The molecule has 1 N–H and O–H groups in total. The summed E-state index contributed by atoms with van der Waals surface area (Å²) in [6.07, 6.45) is 2.27. The molecule has 0 unspecified atom stereocenters. The number of aromatic nitrogens is 2. The van der Waals surface area contributed by atoms with E-state index in [4.69, 9.17) is 0 Å². The number of halogens is 1. The molecule has 1 saturated heterocycles. The zero-order valence-electron chi connectivity index (χ0n) is 9.06. The Morgan fingerprint density at radius 3 is 2.50 bits per heavy atom. The summed E-state index contributed by atoms with van der Waals surface area (Å²) in [5, 5.41) is 19.5. The topological polar surface area (TPSA) is 49.2 Å². The number of hydrogen-bond donors (Lipinski definition) is 1. The molecule has 1 aromatic heterocycles. The molecule has 3 atom stereocenters. The third-order valence-corrected chi connectivity index (χ3v) is 5.48. The molecule has 1 aliphatic carbocycles. The van der Waals surface area contributed by atoms with Gasteiger partial charge in [-0.2, -0.15) is 0 Å². The first-order valence-corrected chi connectivity index (χ1v) is 7.14. The fraction of sp³-hybridized carbons (Fsp3) is 0.800. The van der Waals surface area contributed by atoms with Gasteiger partial charge in [0.05, 0.1) is 5.60 Å². The molecule has 4 nitrogen and oxygen atoms in total. The molecule has 1 aliphatic heterocycles. The van der Waals surface area contributed by atoms with Crippen LogP contribution in [-0.4, -0.2) is 34.0 Å². The summed E-state index contributed by atoms with van der Waals surface area (Å²) in [6, 6.07) is 0. The molecule has 1 saturated carbocycles. The maximum atomic E-state index is 10.4. The lowest BCUT2D eigenvalue weighted by atomic mass is 9.82. The van der Waals surface area contributed by atoms with Gasteiger partial charge in [0.2, 0.25) is 5.13 Å². The van der Waals surface area contributed by atoms with E-state index in [2.05, 4.69) is 31.0 Å². The van der Waals surface area contributed by atoms with Gasteiger partial charge in [0.1, 0.15) is 0 Å². The van der Waals surface area contributed by atoms with Gasteiger partial charge in [0, 0.05) is 24.9 Å². The minimum Gasteiger partial charge on any atom is -0.389 e. The largest absolute Gasteiger partial charge is 0.389 e. The second-order valence-corrected chi connectivity index (χ2v) is 7.17. The molecule has 1 aromatic rings. The van der Waals surface area contributed by atoms with Crippen LogP contribution in [0.2, 0.25) is 0 Å². The SMILES string of the molecule is C[C@@]1(O)[C@@H]2CC[C@H]1CN(c1nnc(Br)s1)C2. The second kappa shape index (κ2) is 3.65. The molecule has 2 fully saturated rings. The summed E-state index contributed by atoms with van der Waals surface area (Å²) in [5.41, 5.74) is -0.474. The molecular formula is C10H14BrN3OS. The van der Waals surface area contributed by atoms with E-state index in [1.54, 1.807) is 11.3 Å². The van der Waals surface area contributed by atoms with Crippen LogP contribution in [0.3, 0.4) is 0 Å². The van der Waals surface area contributed by atoms with E-state index in [0.717, 1.165) is 35.0 Å². The minimum atomic E-state index is -0.474. The van der Waals surface area contributed by atoms with E-state index in [1.165, 1.54) is 0 Å². The van der Waals surface area contributed by atoms with E-state index in [-0.39, 0.29) is 0 Å². The van der Waals surface area contributed by atoms with Crippen LogP contribution in [0.4, 0.5) is 5.13 Å². The van der Waals surface area contributed by atoms with Crippen molar-refractivity contribution in [2.75, 3.05) is 18.0 Å². The van der Waals surface area contributed by atoms with Crippen LogP contribution in [0.1, 0.15) is 19.8 Å². The lowest BCUT2D eigenvalue weighted by Crippen LogP contribution is -2.52. The Labute approximate surface area is 107 Å². The van der Waals surface area contributed by atoms with E-state index in [1.807, 2.05) is 6.92 Å². The molecule has 2 bridgehead atoms. The zero-order chi connectivity index (χ0) is 11.3. The van der Waals surface area contributed by atoms with E-state index in [9.17, 15) is 5.11 Å². The molecule has 2 aliphatic rings. The van der Waals surface area contributed by atoms with Gasteiger partial charge in [0.25, 0.3) is 0 Å². The van der Waals surface area contributed by atoms with Crippen LogP contribution < -0.4 is 4.90 Å². The first kappa shape index (κ1) is 10.9. The van der Waals surface area contributed by atoms with Crippen molar-refractivity contribution in [3.05, 3.63) is 3.92 Å². The third kappa shape index (κ3) is 1.58. The van der Waals surface area contributed by atoms with Crippen LogP contribution in [0.25, 0.3) is 0 Å². The Hall–Kier alpha value is -0.200. The molecule has 0 radical (unpaired) electrons. The molecule has 2 heterocycles. The summed E-state index contributed by atoms with van der Waals surface area (Å²) in [4.78, 5) is 2.27. The zero-order valence-corrected chi connectivity index (χ0v) is 11.5.